The van der Waals surface area contributed by atoms with Gasteiger partial charge in [-0.2, -0.15) is 12.6 Å². The Morgan fingerprint density at radius 3 is 2.28 bits per heavy atom. The Kier molecular flexibility index (Phi) is 6.34. The van der Waals surface area contributed by atoms with E-state index < -0.39 is 0 Å². The smallest absolute Gasteiger partial charge is 0.0946 e. The molecule has 0 amide bonds. The third-order valence-corrected chi connectivity index (χ3v) is 5.58. The molecular weight excluding hydrogens is 395 g/mol. The highest BCUT2D eigenvalue weighted by atomic mass is 35.5. The predicted molar refractivity (Wildman–Crippen MR) is 109 cm³/mol. The van der Waals surface area contributed by atoms with Crippen LogP contribution < -0.4 is 0 Å². The minimum absolute atomic E-state index is 0.0399. The highest BCUT2D eigenvalue weighted by molar-refractivity contribution is 7.80. The average molecular weight is 412 g/mol. The molecule has 0 saturated heterocycles. The van der Waals surface area contributed by atoms with E-state index in [-0.39, 0.29) is 11.2 Å². The van der Waals surface area contributed by atoms with Crippen molar-refractivity contribution in [2.45, 2.75) is 24.1 Å². The molecule has 0 aliphatic heterocycles. The summed E-state index contributed by atoms with van der Waals surface area (Å²) in [5, 5.41) is 2.11. The van der Waals surface area contributed by atoms with E-state index in [4.69, 9.17) is 47.4 Å². The average Bonchev–Trinajstić information content (AvgIpc) is 3.08. The Bertz CT molecular complexity index is 799. The number of benzene rings is 2. The van der Waals surface area contributed by atoms with E-state index in [2.05, 4.69) is 4.98 Å². The Labute approximate surface area is 168 Å². The number of hydrogen-bond donors (Lipinski definition) is 1. The van der Waals surface area contributed by atoms with Crippen LogP contribution in [0.1, 0.15) is 28.7 Å². The molecule has 2 atom stereocenters. The van der Waals surface area contributed by atoms with Crippen LogP contribution in [0.25, 0.3) is 0 Å². The summed E-state index contributed by atoms with van der Waals surface area (Å²) in [7, 11) is 0. The lowest BCUT2D eigenvalue weighted by Gasteiger charge is -2.24. The van der Waals surface area contributed by atoms with Gasteiger partial charge >= 0.3 is 0 Å². The summed E-state index contributed by atoms with van der Waals surface area (Å²) in [6.45, 7) is 0.730. The molecule has 0 spiro atoms. The van der Waals surface area contributed by atoms with Crippen molar-refractivity contribution in [3.05, 3.63) is 87.4 Å². The molecule has 3 aromatic rings. The first-order chi connectivity index (χ1) is 12.0. The van der Waals surface area contributed by atoms with Crippen molar-refractivity contribution in [2.75, 3.05) is 0 Å². The van der Waals surface area contributed by atoms with Crippen molar-refractivity contribution in [3.63, 3.8) is 0 Å². The van der Waals surface area contributed by atoms with Crippen LogP contribution in [0.4, 0.5) is 0 Å². The summed E-state index contributed by atoms with van der Waals surface area (Å²) in [5.41, 5.74) is 2.07. The lowest BCUT2D eigenvalue weighted by molar-refractivity contribution is 0.522. The summed E-state index contributed by atoms with van der Waals surface area (Å²) in [6.07, 6.45) is 6.29. The lowest BCUT2D eigenvalue weighted by atomic mass is 9.91. The molecule has 6 heteroatoms. The highest BCUT2D eigenvalue weighted by Gasteiger charge is 2.22. The number of imidazole rings is 1. The summed E-state index contributed by atoms with van der Waals surface area (Å²) in [4.78, 5) is 4.12. The van der Waals surface area contributed by atoms with Crippen LogP contribution in [0.3, 0.4) is 0 Å². The van der Waals surface area contributed by atoms with E-state index in [0.717, 1.165) is 24.1 Å². The van der Waals surface area contributed by atoms with Gasteiger partial charge in [0.15, 0.2) is 0 Å². The SMILES string of the molecule is SC(CC(Cn1ccnc1)c1c(Cl)cccc1Cl)c1ccc(Cl)cc1. The first kappa shape index (κ1) is 18.7. The maximum atomic E-state index is 6.46. The van der Waals surface area contributed by atoms with Gasteiger partial charge in [-0.15, -0.1) is 0 Å². The molecule has 0 saturated carbocycles. The second-order valence-corrected chi connectivity index (χ2v) is 7.77. The number of aromatic nitrogens is 2. The molecule has 1 heterocycles. The fourth-order valence-corrected chi connectivity index (χ4v) is 4.18. The van der Waals surface area contributed by atoms with Crippen LogP contribution in [0, 0.1) is 0 Å². The second kappa shape index (κ2) is 8.50. The van der Waals surface area contributed by atoms with Gasteiger partial charge in [-0.1, -0.05) is 53.0 Å². The lowest BCUT2D eigenvalue weighted by Crippen LogP contribution is -2.12. The number of hydrogen-bond acceptors (Lipinski definition) is 2. The molecule has 0 aliphatic carbocycles. The molecule has 25 heavy (non-hydrogen) atoms. The quantitative estimate of drug-likeness (QED) is 0.447. The van der Waals surface area contributed by atoms with Gasteiger partial charge in [0.2, 0.25) is 0 Å². The monoisotopic (exact) mass is 410 g/mol. The summed E-state index contributed by atoms with van der Waals surface area (Å²) in [6, 6.07) is 13.4. The van der Waals surface area contributed by atoms with Crippen molar-refractivity contribution in [1.82, 2.24) is 9.55 Å². The topological polar surface area (TPSA) is 17.8 Å². The number of halogens is 3. The molecule has 2 aromatic carbocycles. The molecule has 0 N–H and O–H groups in total. The second-order valence-electron chi connectivity index (χ2n) is 5.89. The van der Waals surface area contributed by atoms with E-state index in [1.165, 1.54) is 0 Å². The largest absolute Gasteiger partial charge is 0.337 e. The summed E-state index contributed by atoms with van der Waals surface area (Å²) in [5.74, 6) is 0.105. The molecule has 130 valence electrons. The molecule has 2 unspecified atom stereocenters. The zero-order chi connectivity index (χ0) is 17.8. The first-order valence-corrected chi connectivity index (χ1v) is 9.53. The molecule has 3 rings (SSSR count). The summed E-state index contributed by atoms with van der Waals surface area (Å²) < 4.78 is 2.03. The van der Waals surface area contributed by atoms with E-state index in [1.807, 2.05) is 53.2 Å². The minimum atomic E-state index is 0.0399. The Morgan fingerprint density at radius 1 is 1.00 bits per heavy atom. The van der Waals surface area contributed by atoms with Crippen LogP contribution in [0.15, 0.2) is 61.2 Å². The number of rotatable bonds is 6. The van der Waals surface area contributed by atoms with Gasteiger partial charge in [0.05, 0.1) is 6.33 Å². The van der Waals surface area contributed by atoms with Gasteiger partial charge in [-0.25, -0.2) is 4.98 Å². The van der Waals surface area contributed by atoms with Gasteiger partial charge < -0.3 is 4.57 Å². The van der Waals surface area contributed by atoms with E-state index in [0.29, 0.717) is 15.1 Å². The van der Waals surface area contributed by atoms with Crippen molar-refractivity contribution in [2.24, 2.45) is 0 Å². The normalized spacial score (nSPS) is 13.6. The van der Waals surface area contributed by atoms with Crippen molar-refractivity contribution in [3.8, 4) is 0 Å². The maximum absolute atomic E-state index is 6.46. The van der Waals surface area contributed by atoms with Gasteiger partial charge in [0, 0.05) is 45.2 Å². The predicted octanol–water partition coefficient (Wildman–Crippen LogP) is 6.69. The van der Waals surface area contributed by atoms with E-state index >= 15 is 0 Å². The van der Waals surface area contributed by atoms with E-state index in [1.54, 1.807) is 12.5 Å². The Balaban J connectivity index is 1.89. The third kappa shape index (κ3) is 4.73. The minimum Gasteiger partial charge on any atom is -0.337 e. The van der Waals surface area contributed by atoms with Crippen LogP contribution in [-0.4, -0.2) is 9.55 Å². The van der Waals surface area contributed by atoms with Crippen molar-refractivity contribution in [1.29, 1.82) is 0 Å². The molecule has 0 radical (unpaired) electrons. The molecule has 0 bridgehead atoms. The third-order valence-electron chi connectivity index (χ3n) is 4.16. The molecular formula is C19H17Cl3N2S. The standard InChI is InChI=1S/C19H17Cl3N2S/c20-15-6-4-13(5-7-15)18(25)10-14(11-24-9-8-23-12-24)19-16(21)2-1-3-17(19)22/h1-9,12,14,18,25H,10-11H2. The fraction of sp³-hybridized carbons (Fsp3) is 0.211. The Hall–Kier alpha value is -1.13. The maximum Gasteiger partial charge on any atom is 0.0946 e. The van der Waals surface area contributed by atoms with Crippen LogP contribution in [0.5, 0.6) is 0 Å². The number of nitrogens with zero attached hydrogens (tertiary/aromatic N) is 2. The fourth-order valence-electron chi connectivity index (χ4n) is 2.92. The summed E-state index contributed by atoms with van der Waals surface area (Å²) >= 11 is 23.7. The zero-order valence-electron chi connectivity index (χ0n) is 13.3. The molecule has 0 aliphatic rings. The highest BCUT2D eigenvalue weighted by Crippen LogP contribution is 2.39. The van der Waals surface area contributed by atoms with Crippen LogP contribution in [-0.2, 0) is 6.54 Å². The van der Waals surface area contributed by atoms with Crippen LogP contribution in [0.2, 0.25) is 15.1 Å². The molecule has 1 aromatic heterocycles. The molecule has 0 fully saturated rings. The molecule has 2 nitrogen and oxygen atoms in total. The van der Waals surface area contributed by atoms with Crippen molar-refractivity contribution >= 4 is 47.4 Å². The van der Waals surface area contributed by atoms with Crippen molar-refractivity contribution < 1.29 is 0 Å². The number of thiol groups is 1. The van der Waals surface area contributed by atoms with Gasteiger partial charge in [-0.3, -0.25) is 0 Å². The van der Waals surface area contributed by atoms with Gasteiger partial charge in [0.1, 0.15) is 0 Å². The van der Waals surface area contributed by atoms with Gasteiger partial charge in [-0.05, 0) is 41.8 Å². The Morgan fingerprint density at radius 2 is 1.68 bits per heavy atom. The van der Waals surface area contributed by atoms with Crippen LogP contribution >= 0.6 is 47.4 Å². The van der Waals surface area contributed by atoms with Gasteiger partial charge in [0.25, 0.3) is 0 Å². The zero-order valence-corrected chi connectivity index (χ0v) is 16.5. The first-order valence-electron chi connectivity index (χ1n) is 7.87. The van der Waals surface area contributed by atoms with E-state index in [9.17, 15) is 0 Å².